The number of carbonyl (C=O) groups excluding carboxylic acids is 1. The number of hydrogen-bond donors (Lipinski definition) is 2. The highest BCUT2D eigenvalue weighted by atomic mass is 35.5. The third-order valence-corrected chi connectivity index (χ3v) is 5.43. The minimum Gasteiger partial charge on any atom is -0.497 e. The van der Waals surface area contributed by atoms with Gasteiger partial charge in [0.2, 0.25) is 0 Å². The molecule has 0 aliphatic carbocycles. The molecule has 5 heteroatoms. The number of hydrogen-bond acceptors (Lipinski definition) is 2. The number of ether oxygens (including phenoxy) is 1. The van der Waals surface area contributed by atoms with Crippen molar-refractivity contribution in [1.29, 1.82) is 0 Å². The molecule has 2 aromatic heterocycles. The summed E-state index contributed by atoms with van der Waals surface area (Å²) in [6, 6.07) is 13.7. The van der Waals surface area contributed by atoms with Crippen molar-refractivity contribution >= 4 is 28.3 Å². The molecule has 0 unspecified atom stereocenters. The van der Waals surface area contributed by atoms with E-state index in [1.54, 1.807) is 20.1 Å². The zero-order valence-corrected chi connectivity index (χ0v) is 16.8. The first-order chi connectivity index (χ1) is 13.5. The quantitative estimate of drug-likeness (QED) is 0.394. The third-order valence-electron chi connectivity index (χ3n) is 5.12. The number of ketones is 1. The SMILES string of the molecule is CCc1c(-c2cccc3[nH]ccc23)[nH]c(C(C)=O)c1-c1ccc(OC)cc1Cl. The van der Waals surface area contributed by atoms with Crippen LogP contribution in [0.3, 0.4) is 0 Å². The van der Waals surface area contributed by atoms with E-state index in [1.807, 2.05) is 30.5 Å². The molecule has 2 N–H and O–H groups in total. The Kier molecular flexibility index (Phi) is 4.73. The maximum absolute atomic E-state index is 12.5. The lowest BCUT2D eigenvalue weighted by Crippen LogP contribution is -1.97. The molecule has 0 aliphatic rings. The van der Waals surface area contributed by atoms with Crippen LogP contribution in [-0.2, 0) is 6.42 Å². The number of Topliss-reactive ketones (excluding diaryl/α,β-unsaturated/α-hetero) is 1. The summed E-state index contributed by atoms with van der Waals surface area (Å²) >= 11 is 6.57. The Bertz CT molecular complexity index is 1190. The number of rotatable bonds is 5. The molecule has 0 bridgehead atoms. The Balaban J connectivity index is 2.02. The Labute approximate surface area is 168 Å². The smallest absolute Gasteiger partial charge is 0.176 e. The van der Waals surface area contributed by atoms with Gasteiger partial charge < -0.3 is 14.7 Å². The molecule has 2 aromatic carbocycles. The van der Waals surface area contributed by atoms with Gasteiger partial charge in [-0.15, -0.1) is 0 Å². The van der Waals surface area contributed by atoms with E-state index in [-0.39, 0.29) is 5.78 Å². The van der Waals surface area contributed by atoms with Crippen LogP contribution in [0.2, 0.25) is 5.02 Å². The summed E-state index contributed by atoms with van der Waals surface area (Å²) in [7, 11) is 1.61. The van der Waals surface area contributed by atoms with Crippen molar-refractivity contribution in [3.05, 3.63) is 64.9 Å². The van der Waals surface area contributed by atoms with Gasteiger partial charge in [-0.05, 0) is 42.3 Å². The number of aromatic amines is 2. The van der Waals surface area contributed by atoms with Crippen molar-refractivity contribution in [3.63, 3.8) is 0 Å². The molecule has 0 atom stereocenters. The molecule has 0 radical (unpaired) electrons. The third kappa shape index (κ3) is 2.90. The number of fused-ring (bicyclic) bond motifs is 1. The first-order valence-corrected chi connectivity index (χ1v) is 9.59. The predicted molar refractivity (Wildman–Crippen MR) is 114 cm³/mol. The molecule has 0 aliphatic heterocycles. The van der Waals surface area contributed by atoms with E-state index in [4.69, 9.17) is 16.3 Å². The van der Waals surface area contributed by atoms with Crippen LogP contribution in [0.25, 0.3) is 33.3 Å². The maximum Gasteiger partial charge on any atom is 0.176 e. The summed E-state index contributed by atoms with van der Waals surface area (Å²) < 4.78 is 5.27. The van der Waals surface area contributed by atoms with E-state index < -0.39 is 0 Å². The molecular formula is C23H21ClN2O2. The Morgan fingerprint density at radius 1 is 1.14 bits per heavy atom. The van der Waals surface area contributed by atoms with E-state index in [2.05, 4.69) is 29.0 Å². The number of methoxy groups -OCH3 is 1. The molecule has 142 valence electrons. The summed E-state index contributed by atoms with van der Waals surface area (Å²) in [5, 5.41) is 1.67. The monoisotopic (exact) mass is 392 g/mol. The summed E-state index contributed by atoms with van der Waals surface area (Å²) in [4.78, 5) is 19.1. The molecular weight excluding hydrogens is 372 g/mol. The van der Waals surface area contributed by atoms with Crippen LogP contribution in [0.5, 0.6) is 5.75 Å². The van der Waals surface area contributed by atoms with Crippen LogP contribution in [0.15, 0.2) is 48.7 Å². The summed E-state index contributed by atoms with van der Waals surface area (Å²) in [6.07, 6.45) is 2.69. The van der Waals surface area contributed by atoms with Crippen LogP contribution in [0, 0.1) is 0 Å². The molecule has 4 aromatic rings. The molecule has 0 saturated heterocycles. The molecule has 4 nitrogen and oxygen atoms in total. The van der Waals surface area contributed by atoms with E-state index in [1.165, 1.54) is 0 Å². The molecule has 2 heterocycles. The number of H-pyrrole nitrogens is 2. The lowest BCUT2D eigenvalue weighted by atomic mass is 9.94. The van der Waals surface area contributed by atoms with E-state index in [0.717, 1.165) is 45.3 Å². The predicted octanol–water partition coefficient (Wildman–Crippen LogP) is 6.26. The zero-order chi connectivity index (χ0) is 19.8. The lowest BCUT2D eigenvalue weighted by molar-refractivity contribution is 0.101. The Morgan fingerprint density at radius 3 is 2.64 bits per heavy atom. The molecule has 0 fully saturated rings. The van der Waals surface area contributed by atoms with E-state index in [9.17, 15) is 4.79 Å². The standard InChI is InChI=1S/C23H21ClN2O2/c1-4-15-21(18-9-8-14(28-3)12-19(18)24)22(13(2)27)26-23(15)17-6-5-7-20-16(17)10-11-25-20/h5-12,25-26H,4H2,1-3H3. The van der Waals surface area contributed by atoms with Crippen molar-refractivity contribution in [3.8, 4) is 28.1 Å². The number of halogens is 1. The topological polar surface area (TPSA) is 57.9 Å². The average molecular weight is 393 g/mol. The average Bonchev–Trinajstić information content (AvgIpc) is 3.32. The second-order valence-corrected chi connectivity index (χ2v) is 7.14. The molecule has 0 spiro atoms. The highest BCUT2D eigenvalue weighted by Crippen LogP contribution is 2.41. The minimum absolute atomic E-state index is 0.0240. The van der Waals surface area contributed by atoms with Crippen LogP contribution in [0.4, 0.5) is 0 Å². The Morgan fingerprint density at radius 2 is 1.96 bits per heavy atom. The molecule has 0 amide bonds. The van der Waals surface area contributed by atoms with Crippen LogP contribution < -0.4 is 4.74 Å². The normalized spacial score (nSPS) is 11.1. The number of nitrogens with one attached hydrogen (secondary N) is 2. The molecule has 28 heavy (non-hydrogen) atoms. The first kappa shape index (κ1) is 18.4. The fourth-order valence-corrected chi connectivity index (χ4v) is 4.08. The highest BCUT2D eigenvalue weighted by Gasteiger charge is 2.23. The van der Waals surface area contributed by atoms with Gasteiger partial charge in [0.15, 0.2) is 5.78 Å². The zero-order valence-electron chi connectivity index (χ0n) is 16.0. The molecule has 0 saturated carbocycles. The summed E-state index contributed by atoms with van der Waals surface area (Å²) in [6.45, 7) is 3.67. The van der Waals surface area contributed by atoms with Crippen molar-refractivity contribution in [1.82, 2.24) is 9.97 Å². The maximum atomic E-state index is 12.5. The van der Waals surface area contributed by atoms with Crippen LogP contribution in [0.1, 0.15) is 29.9 Å². The van der Waals surface area contributed by atoms with Crippen LogP contribution >= 0.6 is 11.6 Å². The van der Waals surface area contributed by atoms with Gasteiger partial charge in [0.05, 0.1) is 23.5 Å². The second kappa shape index (κ2) is 7.21. The fourth-order valence-electron chi connectivity index (χ4n) is 3.81. The van der Waals surface area contributed by atoms with Gasteiger partial charge in [-0.25, -0.2) is 0 Å². The number of carbonyl (C=O) groups is 1. The first-order valence-electron chi connectivity index (χ1n) is 9.21. The van der Waals surface area contributed by atoms with Crippen molar-refractivity contribution in [2.45, 2.75) is 20.3 Å². The number of aromatic nitrogens is 2. The largest absolute Gasteiger partial charge is 0.497 e. The summed E-state index contributed by atoms with van der Waals surface area (Å²) in [5.41, 5.74) is 6.42. The van der Waals surface area contributed by atoms with Gasteiger partial charge in [0.1, 0.15) is 5.75 Å². The lowest BCUT2D eigenvalue weighted by Gasteiger charge is -2.10. The van der Waals surface area contributed by atoms with Gasteiger partial charge in [-0.1, -0.05) is 30.7 Å². The second-order valence-electron chi connectivity index (χ2n) is 6.73. The summed E-state index contributed by atoms with van der Waals surface area (Å²) in [5.74, 6) is 0.660. The van der Waals surface area contributed by atoms with E-state index >= 15 is 0 Å². The van der Waals surface area contributed by atoms with Gasteiger partial charge in [-0.2, -0.15) is 0 Å². The fraction of sp³-hybridized carbons (Fsp3) is 0.174. The van der Waals surface area contributed by atoms with E-state index in [0.29, 0.717) is 16.5 Å². The van der Waals surface area contributed by atoms with Crippen LogP contribution in [-0.4, -0.2) is 22.9 Å². The number of benzene rings is 2. The highest BCUT2D eigenvalue weighted by molar-refractivity contribution is 6.33. The van der Waals surface area contributed by atoms with Crippen molar-refractivity contribution in [2.75, 3.05) is 7.11 Å². The minimum atomic E-state index is -0.0240. The van der Waals surface area contributed by atoms with Crippen molar-refractivity contribution in [2.24, 2.45) is 0 Å². The van der Waals surface area contributed by atoms with Crippen molar-refractivity contribution < 1.29 is 9.53 Å². The molecule has 4 rings (SSSR count). The van der Waals surface area contributed by atoms with Gasteiger partial charge >= 0.3 is 0 Å². The Hall–Kier alpha value is -2.98. The van der Waals surface area contributed by atoms with Gasteiger partial charge in [0, 0.05) is 40.7 Å². The van der Waals surface area contributed by atoms with Gasteiger partial charge in [-0.3, -0.25) is 4.79 Å². The van der Waals surface area contributed by atoms with Gasteiger partial charge in [0.25, 0.3) is 0 Å².